The number of aliphatic hydroxyl groups is 1. The van der Waals surface area contributed by atoms with Crippen LogP contribution in [0.15, 0.2) is 11.6 Å². The van der Waals surface area contributed by atoms with Gasteiger partial charge in [0, 0.05) is 10.0 Å². The molecule has 0 radical (unpaired) electrons. The van der Waals surface area contributed by atoms with Crippen LogP contribution in [0, 0.1) is 16.7 Å². The van der Waals surface area contributed by atoms with Crippen molar-refractivity contribution >= 4 is 22.6 Å². The molecule has 21 heavy (non-hydrogen) atoms. The highest BCUT2D eigenvalue weighted by Gasteiger charge is 2.41. The Balaban J connectivity index is 2.02. The first-order valence-electron chi connectivity index (χ1n) is 8.68. The zero-order chi connectivity index (χ0) is 15.7. The van der Waals surface area contributed by atoms with Gasteiger partial charge in [0.05, 0.1) is 0 Å². The van der Waals surface area contributed by atoms with Crippen LogP contribution in [0.5, 0.6) is 0 Å². The molecule has 0 bridgehead atoms. The lowest BCUT2D eigenvalue weighted by Crippen LogP contribution is -2.36. The molecule has 0 aliphatic heterocycles. The summed E-state index contributed by atoms with van der Waals surface area (Å²) in [5.41, 5.74) is 2.30. The molecular weight excluding hydrogens is 371 g/mol. The molecule has 1 unspecified atom stereocenters. The molecule has 0 amide bonds. The van der Waals surface area contributed by atoms with Crippen molar-refractivity contribution in [3.05, 3.63) is 11.6 Å². The van der Waals surface area contributed by atoms with E-state index in [1.165, 1.54) is 44.9 Å². The smallest absolute Gasteiger partial charge is 0.0482 e. The van der Waals surface area contributed by atoms with Crippen LogP contribution in [0.1, 0.15) is 79.1 Å². The van der Waals surface area contributed by atoms with Gasteiger partial charge in [-0.25, -0.2) is 0 Å². The van der Waals surface area contributed by atoms with E-state index in [-0.39, 0.29) is 5.41 Å². The summed E-state index contributed by atoms with van der Waals surface area (Å²) < 4.78 is 0.475. The molecular formula is C19H33IO. The number of alkyl halides is 1. The summed E-state index contributed by atoms with van der Waals surface area (Å²) in [5, 5.41) is 9.43. The van der Waals surface area contributed by atoms with Gasteiger partial charge < -0.3 is 5.11 Å². The normalized spacial score (nSPS) is 37.0. The first-order chi connectivity index (χ1) is 9.68. The molecule has 2 heteroatoms. The van der Waals surface area contributed by atoms with Gasteiger partial charge in [-0.05, 0) is 55.3 Å². The van der Waals surface area contributed by atoms with Crippen LogP contribution in [0.4, 0.5) is 0 Å². The van der Waals surface area contributed by atoms with Crippen LogP contribution < -0.4 is 0 Å². The van der Waals surface area contributed by atoms with Gasteiger partial charge in [-0.2, -0.15) is 0 Å². The highest BCUT2D eigenvalue weighted by Crippen LogP contribution is 2.53. The van der Waals surface area contributed by atoms with Crippen molar-refractivity contribution in [2.75, 3.05) is 6.61 Å². The van der Waals surface area contributed by atoms with Gasteiger partial charge >= 0.3 is 0 Å². The molecule has 0 aromatic rings. The number of hydrogen-bond acceptors (Lipinski definition) is 1. The summed E-state index contributed by atoms with van der Waals surface area (Å²) in [6.45, 7) is 9.59. The Kier molecular flexibility index (Phi) is 5.51. The second-order valence-corrected chi connectivity index (χ2v) is 11.4. The Morgan fingerprint density at radius 2 is 2.10 bits per heavy atom. The van der Waals surface area contributed by atoms with Crippen LogP contribution in [-0.2, 0) is 0 Å². The summed E-state index contributed by atoms with van der Waals surface area (Å²) in [6.07, 6.45) is 13.1. The minimum Gasteiger partial charge on any atom is -0.396 e. The van der Waals surface area contributed by atoms with Crippen LogP contribution in [-0.4, -0.2) is 15.1 Å². The van der Waals surface area contributed by atoms with Gasteiger partial charge in [0.15, 0.2) is 0 Å². The van der Waals surface area contributed by atoms with E-state index in [2.05, 4.69) is 56.4 Å². The van der Waals surface area contributed by atoms with Crippen LogP contribution in [0.25, 0.3) is 0 Å². The Hall–Kier alpha value is 0.430. The fourth-order valence-corrected chi connectivity index (χ4v) is 5.13. The van der Waals surface area contributed by atoms with Crippen molar-refractivity contribution in [3.63, 3.8) is 0 Å². The molecule has 2 aliphatic carbocycles. The number of halogens is 1. The molecule has 2 rings (SSSR count). The quantitative estimate of drug-likeness (QED) is 0.344. The van der Waals surface area contributed by atoms with E-state index in [9.17, 15) is 5.11 Å². The Morgan fingerprint density at radius 3 is 2.76 bits per heavy atom. The van der Waals surface area contributed by atoms with Crippen molar-refractivity contribution in [1.29, 1.82) is 0 Å². The third kappa shape index (κ3) is 4.46. The van der Waals surface area contributed by atoms with Crippen molar-refractivity contribution < 1.29 is 5.11 Å². The molecule has 0 aromatic heterocycles. The first-order valence-corrected chi connectivity index (χ1v) is 9.76. The molecule has 1 saturated carbocycles. The minimum atomic E-state index is 0.0894. The van der Waals surface area contributed by atoms with E-state index in [1.807, 2.05) is 0 Å². The molecule has 1 nitrogen and oxygen atoms in total. The SMILES string of the molecule is CC(C)(CO)CCC[C@]1(C)CCCC2C[C@@](C)(I)CC=C21. The monoisotopic (exact) mass is 404 g/mol. The number of hydrogen-bond donors (Lipinski definition) is 1. The second kappa shape index (κ2) is 6.51. The second-order valence-electron chi connectivity index (χ2n) is 8.81. The van der Waals surface area contributed by atoms with Gasteiger partial charge in [-0.3, -0.25) is 0 Å². The number of allylic oxidation sites excluding steroid dienone is 2. The standard InChI is InChI=1S/C19H33IO/c1-17(2,14-21)9-6-11-18(3)10-5-7-15-13-19(4,20)12-8-16(15)18/h8,15,21H,5-7,9-14H2,1-4H3/t15?,18-,19-/m0/s1. The van der Waals surface area contributed by atoms with Gasteiger partial charge in [-0.15, -0.1) is 0 Å². The third-order valence-corrected chi connectivity index (χ3v) is 6.73. The third-order valence-electron chi connectivity index (χ3n) is 5.85. The van der Waals surface area contributed by atoms with Crippen molar-refractivity contribution in [2.45, 2.75) is 82.5 Å². The van der Waals surface area contributed by atoms with Gasteiger partial charge in [0.25, 0.3) is 0 Å². The topological polar surface area (TPSA) is 20.2 Å². The van der Waals surface area contributed by atoms with Crippen LogP contribution >= 0.6 is 22.6 Å². The number of aliphatic hydroxyl groups excluding tert-OH is 1. The highest BCUT2D eigenvalue weighted by atomic mass is 127. The molecule has 1 fully saturated rings. The number of rotatable bonds is 5. The summed E-state index contributed by atoms with van der Waals surface area (Å²) in [7, 11) is 0. The predicted molar refractivity (Wildman–Crippen MR) is 99.9 cm³/mol. The summed E-state index contributed by atoms with van der Waals surface area (Å²) in [6, 6.07) is 0. The van der Waals surface area contributed by atoms with E-state index >= 15 is 0 Å². The van der Waals surface area contributed by atoms with Crippen LogP contribution in [0.3, 0.4) is 0 Å². The van der Waals surface area contributed by atoms with E-state index in [0.717, 1.165) is 12.3 Å². The van der Waals surface area contributed by atoms with Crippen LogP contribution in [0.2, 0.25) is 0 Å². The van der Waals surface area contributed by atoms with Crippen molar-refractivity contribution in [3.8, 4) is 0 Å². The zero-order valence-corrected chi connectivity index (χ0v) is 16.5. The van der Waals surface area contributed by atoms with E-state index in [4.69, 9.17) is 0 Å². The molecule has 3 atom stereocenters. The molecule has 1 N–H and O–H groups in total. The average molecular weight is 404 g/mol. The predicted octanol–water partition coefficient (Wildman–Crippen LogP) is 5.90. The lowest BCUT2D eigenvalue weighted by Gasteiger charge is -2.47. The first kappa shape index (κ1) is 17.8. The van der Waals surface area contributed by atoms with Gasteiger partial charge in [0.2, 0.25) is 0 Å². The largest absolute Gasteiger partial charge is 0.396 e. The van der Waals surface area contributed by atoms with E-state index in [1.54, 1.807) is 5.57 Å². The van der Waals surface area contributed by atoms with Gasteiger partial charge in [-0.1, -0.05) is 74.8 Å². The minimum absolute atomic E-state index is 0.0894. The zero-order valence-electron chi connectivity index (χ0n) is 14.3. The molecule has 122 valence electrons. The maximum Gasteiger partial charge on any atom is 0.0482 e. The van der Waals surface area contributed by atoms with Gasteiger partial charge in [0.1, 0.15) is 0 Å². The molecule has 2 aliphatic rings. The maximum atomic E-state index is 9.43. The van der Waals surface area contributed by atoms with E-state index in [0.29, 0.717) is 15.4 Å². The highest BCUT2D eigenvalue weighted by molar-refractivity contribution is 14.1. The average Bonchev–Trinajstić information content (AvgIpc) is 2.37. The summed E-state index contributed by atoms with van der Waals surface area (Å²) >= 11 is 2.66. The fraction of sp³-hybridized carbons (Fsp3) is 0.895. The Bertz CT molecular complexity index is 396. The maximum absolute atomic E-state index is 9.43. The number of fused-ring (bicyclic) bond motifs is 1. The summed E-state index contributed by atoms with van der Waals surface area (Å²) in [4.78, 5) is 0. The lowest BCUT2D eigenvalue weighted by molar-refractivity contribution is 0.137. The van der Waals surface area contributed by atoms with Crippen molar-refractivity contribution in [2.24, 2.45) is 16.7 Å². The fourth-order valence-electron chi connectivity index (χ4n) is 4.38. The Labute approximate surface area is 145 Å². The molecule has 0 heterocycles. The molecule has 0 aromatic carbocycles. The molecule has 0 saturated heterocycles. The van der Waals surface area contributed by atoms with Crippen molar-refractivity contribution in [1.82, 2.24) is 0 Å². The van der Waals surface area contributed by atoms with E-state index < -0.39 is 0 Å². The Morgan fingerprint density at radius 1 is 1.38 bits per heavy atom. The summed E-state index contributed by atoms with van der Waals surface area (Å²) in [5.74, 6) is 0.838. The molecule has 0 spiro atoms. The lowest BCUT2D eigenvalue weighted by atomic mass is 9.60.